The molecule has 0 spiro atoms. The van der Waals surface area contributed by atoms with Gasteiger partial charge in [-0.15, -0.1) is 0 Å². The smallest absolute Gasteiger partial charge is 0.451 e. The number of benzene rings is 1. The van der Waals surface area contributed by atoms with E-state index in [-0.39, 0.29) is 17.7 Å². The van der Waals surface area contributed by atoms with Crippen molar-refractivity contribution in [1.29, 1.82) is 0 Å². The number of nitrogens with one attached hydrogen (secondary N) is 1. The van der Waals surface area contributed by atoms with E-state index in [2.05, 4.69) is 15.3 Å². The minimum absolute atomic E-state index is 0.0140. The van der Waals surface area contributed by atoms with Gasteiger partial charge in [-0.3, -0.25) is 0 Å². The number of hydrogen-bond acceptors (Lipinski definition) is 5. The number of fused-ring (bicyclic) bond motifs is 1. The Labute approximate surface area is 118 Å². The molecule has 0 amide bonds. The highest BCUT2D eigenvalue weighted by Gasteiger charge is 2.35. The lowest BCUT2D eigenvalue weighted by atomic mass is 10.1. The number of anilines is 2. The fourth-order valence-electron chi connectivity index (χ4n) is 2.13. The fourth-order valence-corrected chi connectivity index (χ4v) is 2.13. The van der Waals surface area contributed by atoms with Gasteiger partial charge in [0, 0.05) is 11.6 Å². The van der Waals surface area contributed by atoms with E-state index < -0.39 is 12.0 Å². The van der Waals surface area contributed by atoms with Gasteiger partial charge in [0.25, 0.3) is 0 Å². The summed E-state index contributed by atoms with van der Waals surface area (Å²) < 4.78 is 43.5. The zero-order chi connectivity index (χ0) is 15.0. The highest BCUT2D eigenvalue weighted by Crippen LogP contribution is 2.34. The summed E-state index contributed by atoms with van der Waals surface area (Å²) in [6.07, 6.45) is -4.64. The van der Waals surface area contributed by atoms with Crippen molar-refractivity contribution < 1.29 is 17.9 Å². The lowest BCUT2D eigenvalue weighted by molar-refractivity contribution is -0.144. The molecule has 3 rings (SSSR count). The molecule has 0 aliphatic carbocycles. The molecule has 0 saturated carbocycles. The van der Waals surface area contributed by atoms with Crippen molar-refractivity contribution in [1.82, 2.24) is 9.97 Å². The molecule has 0 fully saturated rings. The molecule has 8 heteroatoms. The van der Waals surface area contributed by atoms with Crippen LogP contribution in [0.4, 0.5) is 24.8 Å². The fraction of sp³-hybridized carbons (Fsp3) is 0.231. The van der Waals surface area contributed by atoms with Gasteiger partial charge in [0.1, 0.15) is 24.0 Å². The van der Waals surface area contributed by atoms with Gasteiger partial charge in [-0.25, -0.2) is 9.97 Å². The van der Waals surface area contributed by atoms with Gasteiger partial charge in [0.15, 0.2) is 0 Å². The number of aromatic nitrogens is 2. The molecular formula is C13H11F3N4O. The topological polar surface area (TPSA) is 73.1 Å². The Morgan fingerprint density at radius 1 is 1.24 bits per heavy atom. The molecule has 0 radical (unpaired) electrons. The van der Waals surface area contributed by atoms with Crippen LogP contribution < -0.4 is 15.8 Å². The van der Waals surface area contributed by atoms with Crippen LogP contribution in [0.5, 0.6) is 5.75 Å². The first kappa shape index (κ1) is 13.5. The average Bonchev–Trinajstić information content (AvgIpc) is 2.81. The number of nitrogens with zero attached hydrogens (tertiary/aromatic N) is 2. The second kappa shape index (κ2) is 4.80. The first-order chi connectivity index (χ1) is 9.93. The third kappa shape index (κ3) is 2.69. The van der Waals surface area contributed by atoms with Gasteiger partial charge in [0.05, 0.1) is 6.04 Å². The number of ether oxygens (including phenoxy) is 1. The lowest BCUT2D eigenvalue weighted by Gasteiger charge is -2.14. The van der Waals surface area contributed by atoms with Gasteiger partial charge in [-0.1, -0.05) is 18.2 Å². The monoisotopic (exact) mass is 296 g/mol. The second-order valence-electron chi connectivity index (χ2n) is 4.55. The molecule has 0 bridgehead atoms. The van der Waals surface area contributed by atoms with Crippen LogP contribution in [0.1, 0.15) is 17.4 Å². The maximum Gasteiger partial charge on any atom is 0.451 e. The molecule has 1 aliphatic heterocycles. The molecule has 21 heavy (non-hydrogen) atoms. The zero-order valence-electron chi connectivity index (χ0n) is 10.7. The molecule has 2 aromatic rings. The molecular weight excluding hydrogens is 285 g/mol. The molecule has 5 nitrogen and oxygen atoms in total. The molecule has 1 atom stereocenters. The van der Waals surface area contributed by atoms with E-state index >= 15 is 0 Å². The Morgan fingerprint density at radius 2 is 2.00 bits per heavy atom. The van der Waals surface area contributed by atoms with E-state index in [0.717, 1.165) is 5.56 Å². The Bertz CT molecular complexity index is 675. The van der Waals surface area contributed by atoms with Gasteiger partial charge in [0.2, 0.25) is 5.82 Å². The van der Waals surface area contributed by atoms with Crippen LogP contribution >= 0.6 is 0 Å². The summed E-state index contributed by atoms with van der Waals surface area (Å²) in [5.41, 5.74) is 6.27. The zero-order valence-corrected chi connectivity index (χ0v) is 10.7. The molecule has 1 aromatic carbocycles. The number of nitrogens with two attached hydrogens (primary N) is 1. The van der Waals surface area contributed by atoms with Gasteiger partial charge >= 0.3 is 6.18 Å². The highest BCUT2D eigenvalue weighted by molar-refractivity contribution is 5.50. The minimum Gasteiger partial charge on any atom is -0.491 e. The van der Waals surface area contributed by atoms with Crippen molar-refractivity contribution in [2.24, 2.45) is 0 Å². The molecule has 2 heterocycles. The van der Waals surface area contributed by atoms with E-state index in [1.54, 1.807) is 6.07 Å². The third-order valence-corrected chi connectivity index (χ3v) is 3.02. The summed E-state index contributed by atoms with van der Waals surface area (Å²) in [6, 6.07) is 8.28. The van der Waals surface area contributed by atoms with Crippen LogP contribution in [-0.4, -0.2) is 16.6 Å². The molecule has 0 saturated heterocycles. The lowest BCUT2D eigenvalue weighted by Crippen LogP contribution is -2.17. The van der Waals surface area contributed by atoms with Crippen molar-refractivity contribution in [2.45, 2.75) is 12.2 Å². The average molecular weight is 296 g/mol. The summed E-state index contributed by atoms with van der Waals surface area (Å²) in [5, 5.41) is 2.89. The van der Waals surface area contributed by atoms with Crippen molar-refractivity contribution in [3.8, 4) is 5.75 Å². The normalized spacial score (nSPS) is 17.2. The van der Waals surface area contributed by atoms with Gasteiger partial charge in [-0.05, 0) is 6.07 Å². The summed E-state index contributed by atoms with van der Waals surface area (Å²) in [7, 11) is 0. The van der Waals surface area contributed by atoms with Crippen molar-refractivity contribution in [3.05, 3.63) is 41.7 Å². The Kier molecular flexibility index (Phi) is 3.08. The number of hydrogen-bond donors (Lipinski definition) is 2. The van der Waals surface area contributed by atoms with E-state index in [9.17, 15) is 13.2 Å². The van der Waals surface area contributed by atoms with Crippen LogP contribution in [0.3, 0.4) is 0 Å². The molecule has 1 aromatic heterocycles. The summed E-state index contributed by atoms with van der Waals surface area (Å²) in [6.45, 7) is 0.310. The maximum atomic E-state index is 12.7. The first-order valence-electron chi connectivity index (χ1n) is 6.13. The Hall–Kier alpha value is -2.51. The van der Waals surface area contributed by atoms with Crippen molar-refractivity contribution >= 4 is 11.6 Å². The van der Waals surface area contributed by atoms with Crippen LogP contribution in [0.15, 0.2) is 30.3 Å². The largest absolute Gasteiger partial charge is 0.491 e. The summed E-state index contributed by atoms with van der Waals surface area (Å²) in [5.74, 6) is -0.794. The number of alkyl halides is 3. The van der Waals surface area contributed by atoms with Crippen LogP contribution in [0, 0.1) is 0 Å². The minimum atomic E-state index is -4.64. The standard InChI is InChI=1S/C13H11F3N4O/c14-13(15,16)12-19-10(17)5-11(20-12)18-8-6-21-9-4-2-1-3-7(8)9/h1-5,8H,6H2,(H3,17,18,19,20). The predicted octanol–water partition coefficient (Wildman–Crippen LogP) is 2.62. The number of nitrogen functional groups attached to an aromatic ring is 1. The number of rotatable bonds is 2. The summed E-state index contributed by atoms with van der Waals surface area (Å²) in [4.78, 5) is 6.65. The Morgan fingerprint density at radius 3 is 2.76 bits per heavy atom. The van der Waals surface area contributed by atoms with Crippen LogP contribution in [-0.2, 0) is 6.18 Å². The number of para-hydroxylation sites is 1. The van der Waals surface area contributed by atoms with E-state index in [4.69, 9.17) is 10.5 Å². The Balaban J connectivity index is 1.88. The van der Waals surface area contributed by atoms with Crippen molar-refractivity contribution in [3.63, 3.8) is 0 Å². The molecule has 1 aliphatic rings. The quantitative estimate of drug-likeness (QED) is 0.891. The van der Waals surface area contributed by atoms with Gasteiger partial charge in [-0.2, -0.15) is 13.2 Å². The maximum absolute atomic E-state index is 12.7. The second-order valence-corrected chi connectivity index (χ2v) is 4.55. The van der Waals surface area contributed by atoms with Crippen LogP contribution in [0.25, 0.3) is 0 Å². The number of halogens is 3. The predicted molar refractivity (Wildman–Crippen MR) is 69.7 cm³/mol. The molecule has 1 unspecified atom stereocenters. The first-order valence-corrected chi connectivity index (χ1v) is 6.13. The van der Waals surface area contributed by atoms with E-state index in [1.807, 2.05) is 18.2 Å². The molecule has 110 valence electrons. The third-order valence-electron chi connectivity index (χ3n) is 3.02. The van der Waals surface area contributed by atoms with Crippen molar-refractivity contribution in [2.75, 3.05) is 17.7 Å². The van der Waals surface area contributed by atoms with E-state index in [1.165, 1.54) is 6.07 Å². The highest BCUT2D eigenvalue weighted by atomic mass is 19.4. The summed E-state index contributed by atoms with van der Waals surface area (Å²) >= 11 is 0. The van der Waals surface area contributed by atoms with Gasteiger partial charge < -0.3 is 15.8 Å². The van der Waals surface area contributed by atoms with E-state index in [0.29, 0.717) is 12.4 Å². The SMILES string of the molecule is Nc1cc(NC2COc3ccccc32)nc(C(F)(F)F)n1. The van der Waals surface area contributed by atoms with Crippen LogP contribution in [0.2, 0.25) is 0 Å². The molecule has 3 N–H and O–H groups in total.